The summed E-state index contributed by atoms with van der Waals surface area (Å²) in [5, 5.41) is 0. The number of hydrogen-bond donors (Lipinski definition) is 0. The summed E-state index contributed by atoms with van der Waals surface area (Å²) in [6, 6.07) is 0. The van der Waals surface area contributed by atoms with Crippen molar-refractivity contribution in [1.82, 2.24) is 9.34 Å². The van der Waals surface area contributed by atoms with Gasteiger partial charge in [-0.25, -0.2) is 4.67 Å². The average Bonchev–Trinajstić information content (AvgIpc) is 1.99. The smallest absolute Gasteiger partial charge is 0.228 e. The van der Waals surface area contributed by atoms with Gasteiger partial charge in [-0.3, -0.25) is 4.57 Å². The van der Waals surface area contributed by atoms with Crippen LogP contribution in [0.1, 0.15) is 41.5 Å². The summed E-state index contributed by atoms with van der Waals surface area (Å²) in [5.41, 5.74) is -0.110. The lowest BCUT2D eigenvalue weighted by Crippen LogP contribution is -2.44. The van der Waals surface area contributed by atoms with E-state index in [0.717, 1.165) is 6.54 Å². The van der Waals surface area contributed by atoms with Crippen LogP contribution in [0, 0.1) is 0 Å². The highest BCUT2D eigenvalue weighted by Gasteiger charge is 2.34. The Hall–Kier alpha value is -0.270. The summed E-state index contributed by atoms with van der Waals surface area (Å²) in [6.07, 6.45) is 4.06. The van der Waals surface area contributed by atoms with Gasteiger partial charge in [-0.1, -0.05) is 6.08 Å². The third-order valence-electron chi connectivity index (χ3n) is 2.51. The predicted molar refractivity (Wildman–Crippen MR) is 66.2 cm³/mol. The summed E-state index contributed by atoms with van der Waals surface area (Å²) in [4.78, 5) is 0. The van der Waals surface area contributed by atoms with Gasteiger partial charge in [-0.15, -0.1) is 0 Å². The van der Waals surface area contributed by atoms with Gasteiger partial charge in [0.2, 0.25) is 8.10 Å². The van der Waals surface area contributed by atoms with E-state index in [1.54, 1.807) is 0 Å². The van der Waals surface area contributed by atoms with Gasteiger partial charge in [0.1, 0.15) is 0 Å². The van der Waals surface area contributed by atoms with Crippen LogP contribution in [0.5, 0.6) is 0 Å². The van der Waals surface area contributed by atoms with E-state index in [2.05, 4.69) is 52.3 Å². The standard InChI is InChI=1S/C11H23N2OP/c1-10(2,3)12-8-7-9-13(15(12)14)11(4,5)6/h7-8,15H,9H2,1-6H3. The molecule has 0 amide bonds. The zero-order valence-corrected chi connectivity index (χ0v) is 11.7. The molecule has 0 aromatic heterocycles. The van der Waals surface area contributed by atoms with Crippen LogP contribution >= 0.6 is 8.10 Å². The second-order valence-corrected chi connectivity index (χ2v) is 7.58. The highest BCUT2D eigenvalue weighted by atomic mass is 31.1. The van der Waals surface area contributed by atoms with Gasteiger partial charge in [0.05, 0.1) is 0 Å². The fraction of sp³-hybridized carbons (Fsp3) is 0.818. The second-order valence-electron chi connectivity index (χ2n) is 5.99. The average molecular weight is 230 g/mol. The largest absolute Gasteiger partial charge is 0.315 e. The molecule has 15 heavy (non-hydrogen) atoms. The molecular weight excluding hydrogens is 207 g/mol. The van der Waals surface area contributed by atoms with Gasteiger partial charge in [0.15, 0.2) is 0 Å². The van der Waals surface area contributed by atoms with Crippen molar-refractivity contribution in [3.63, 3.8) is 0 Å². The minimum absolute atomic E-state index is 0.0374. The van der Waals surface area contributed by atoms with Crippen molar-refractivity contribution in [3.05, 3.63) is 12.3 Å². The third kappa shape index (κ3) is 2.85. The zero-order chi connectivity index (χ0) is 11.9. The van der Waals surface area contributed by atoms with Crippen LogP contribution in [-0.2, 0) is 4.57 Å². The Morgan fingerprint density at radius 2 is 1.60 bits per heavy atom. The molecular formula is C11H23N2OP. The first-order valence-corrected chi connectivity index (χ1v) is 6.72. The van der Waals surface area contributed by atoms with Crippen LogP contribution in [-0.4, -0.2) is 27.0 Å². The van der Waals surface area contributed by atoms with Gasteiger partial charge in [-0.05, 0) is 41.5 Å². The number of rotatable bonds is 0. The molecule has 0 bridgehead atoms. The Morgan fingerprint density at radius 3 is 2.00 bits per heavy atom. The van der Waals surface area contributed by atoms with Crippen molar-refractivity contribution in [1.29, 1.82) is 0 Å². The van der Waals surface area contributed by atoms with Gasteiger partial charge in [0.25, 0.3) is 0 Å². The molecule has 0 aromatic rings. The Balaban J connectivity index is 2.95. The van der Waals surface area contributed by atoms with Crippen LogP contribution in [0.3, 0.4) is 0 Å². The molecule has 0 saturated heterocycles. The molecule has 1 aliphatic heterocycles. The molecule has 1 unspecified atom stereocenters. The van der Waals surface area contributed by atoms with Crippen molar-refractivity contribution < 1.29 is 4.57 Å². The highest BCUT2D eigenvalue weighted by molar-refractivity contribution is 7.39. The van der Waals surface area contributed by atoms with Crippen LogP contribution < -0.4 is 0 Å². The first-order valence-electron chi connectivity index (χ1n) is 5.41. The fourth-order valence-electron chi connectivity index (χ4n) is 1.60. The Morgan fingerprint density at radius 1 is 1.07 bits per heavy atom. The topological polar surface area (TPSA) is 23.6 Å². The Kier molecular flexibility index (Phi) is 3.37. The van der Waals surface area contributed by atoms with Crippen molar-refractivity contribution in [2.45, 2.75) is 52.6 Å². The molecule has 1 rings (SSSR count). The molecule has 1 heterocycles. The molecule has 0 N–H and O–H groups in total. The van der Waals surface area contributed by atoms with Crippen LogP contribution in [0.2, 0.25) is 0 Å². The van der Waals surface area contributed by atoms with Crippen LogP contribution in [0.25, 0.3) is 0 Å². The maximum Gasteiger partial charge on any atom is 0.228 e. The number of nitrogens with zero attached hydrogens (tertiary/aromatic N) is 2. The van der Waals surface area contributed by atoms with E-state index < -0.39 is 8.10 Å². The second kappa shape index (κ2) is 3.95. The Labute approximate surface area is 94.0 Å². The summed E-state index contributed by atoms with van der Waals surface area (Å²) >= 11 is 0. The molecule has 0 radical (unpaired) electrons. The molecule has 4 heteroatoms. The molecule has 3 nitrogen and oxygen atoms in total. The maximum atomic E-state index is 12.4. The minimum atomic E-state index is -1.85. The van der Waals surface area contributed by atoms with E-state index >= 15 is 0 Å². The summed E-state index contributed by atoms with van der Waals surface area (Å²) < 4.78 is 16.5. The van der Waals surface area contributed by atoms with Crippen molar-refractivity contribution in [3.8, 4) is 0 Å². The minimum Gasteiger partial charge on any atom is -0.315 e. The van der Waals surface area contributed by atoms with Crippen molar-refractivity contribution in [2.24, 2.45) is 0 Å². The maximum absolute atomic E-state index is 12.4. The zero-order valence-electron chi connectivity index (χ0n) is 10.7. The lowest BCUT2D eigenvalue weighted by molar-refractivity contribution is 0.223. The van der Waals surface area contributed by atoms with Crippen LogP contribution in [0.15, 0.2) is 12.3 Å². The predicted octanol–water partition coefficient (Wildman–Crippen LogP) is 3.10. The van der Waals surface area contributed by atoms with Gasteiger partial charge < -0.3 is 4.67 Å². The van der Waals surface area contributed by atoms with Crippen molar-refractivity contribution in [2.75, 3.05) is 6.54 Å². The normalized spacial score (nSPS) is 24.7. The molecule has 0 spiro atoms. The first kappa shape index (κ1) is 12.8. The molecule has 1 aliphatic rings. The molecule has 0 fully saturated rings. The van der Waals surface area contributed by atoms with Gasteiger partial charge in [0, 0.05) is 23.8 Å². The quantitative estimate of drug-likeness (QED) is 0.597. The van der Waals surface area contributed by atoms with E-state index in [0.29, 0.717) is 0 Å². The monoisotopic (exact) mass is 230 g/mol. The molecule has 1 atom stereocenters. The van der Waals surface area contributed by atoms with E-state index in [1.165, 1.54) is 0 Å². The number of hydrogen-bond acceptors (Lipinski definition) is 1. The van der Waals surface area contributed by atoms with Crippen molar-refractivity contribution >= 4 is 8.10 Å². The van der Waals surface area contributed by atoms with E-state index in [9.17, 15) is 4.57 Å². The first-order chi connectivity index (χ1) is 6.64. The molecule has 0 saturated carbocycles. The summed E-state index contributed by atoms with van der Waals surface area (Å²) in [6.45, 7) is 13.4. The summed E-state index contributed by atoms with van der Waals surface area (Å²) in [5.74, 6) is 0. The SMILES string of the molecule is CC(C)(C)N1C=CCN(C(C)(C)C)[PH]1=O. The van der Waals surface area contributed by atoms with Gasteiger partial charge >= 0.3 is 0 Å². The fourth-order valence-corrected chi connectivity index (χ4v) is 3.50. The third-order valence-corrected chi connectivity index (χ3v) is 5.06. The van der Waals surface area contributed by atoms with Crippen LogP contribution in [0.4, 0.5) is 0 Å². The van der Waals surface area contributed by atoms with Gasteiger partial charge in [-0.2, -0.15) is 0 Å². The molecule has 0 aromatic carbocycles. The summed E-state index contributed by atoms with van der Waals surface area (Å²) in [7, 11) is -1.85. The van der Waals surface area contributed by atoms with E-state index in [4.69, 9.17) is 0 Å². The highest BCUT2D eigenvalue weighted by Crippen LogP contribution is 2.44. The lowest BCUT2D eigenvalue weighted by atomic mass is 10.1. The molecule has 0 aliphatic carbocycles. The van der Waals surface area contributed by atoms with E-state index in [1.807, 2.05) is 10.9 Å². The Bertz CT molecular complexity index is 286. The lowest BCUT2D eigenvalue weighted by Gasteiger charge is -2.44. The van der Waals surface area contributed by atoms with E-state index in [-0.39, 0.29) is 11.1 Å². The molecule has 88 valence electrons.